The second-order valence-corrected chi connectivity index (χ2v) is 7.60. The van der Waals surface area contributed by atoms with Crippen LogP contribution in [0.2, 0.25) is 0 Å². The Labute approximate surface area is 168 Å². The first kappa shape index (κ1) is 18.8. The zero-order chi connectivity index (χ0) is 20.8. The molecule has 1 aliphatic carbocycles. The second kappa shape index (κ2) is 6.78. The highest BCUT2D eigenvalue weighted by Gasteiger charge is 2.39. The van der Waals surface area contributed by atoms with Crippen molar-refractivity contribution in [2.45, 2.75) is 26.2 Å². The van der Waals surface area contributed by atoms with Gasteiger partial charge < -0.3 is 14.5 Å². The van der Waals surface area contributed by atoms with Crippen LogP contribution in [0.5, 0.6) is 5.75 Å². The summed E-state index contributed by atoms with van der Waals surface area (Å²) in [6, 6.07) is 12.9. The van der Waals surface area contributed by atoms with Crippen molar-refractivity contribution in [1.29, 1.82) is 5.26 Å². The van der Waals surface area contributed by atoms with E-state index in [0.717, 1.165) is 22.2 Å². The van der Waals surface area contributed by atoms with Crippen LogP contribution in [0.15, 0.2) is 36.4 Å². The lowest BCUT2D eigenvalue weighted by Crippen LogP contribution is -2.30. The zero-order valence-electron chi connectivity index (χ0n) is 16.5. The molecule has 6 nitrogen and oxygen atoms in total. The largest absolute Gasteiger partial charge is 0.490 e. The number of nitrogens with zero attached hydrogens (tertiary/aromatic N) is 1. The van der Waals surface area contributed by atoms with Crippen molar-refractivity contribution in [1.82, 2.24) is 4.98 Å². The number of rotatable bonds is 4. The quantitative estimate of drug-likeness (QED) is 0.541. The maximum Gasteiger partial charge on any atom is 0.302 e. The number of carbonyl (C=O) groups excluding carboxylic acids is 2. The van der Waals surface area contributed by atoms with Crippen LogP contribution >= 0.6 is 0 Å². The van der Waals surface area contributed by atoms with Gasteiger partial charge in [-0.15, -0.1) is 0 Å². The van der Waals surface area contributed by atoms with Crippen molar-refractivity contribution < 1.29 is 19.1 Å². The van der Waals surface area contributed by atoms with Gasteiger partial charge in [-0.3, -0.25) is 9.59 Å². The van der Waals surface area contributed by atoms with Crippen LogP contribution < -0.4 is 4.74 Å². The molecule has 0 aliphatic heterocycles. The van der Waals surface area contributed by atoms with Crippen LogP contribution in [0.3, 0.4) is 0 Å². The van der Waals surface area contributed by atoms with Gasteiger partial charge in [0.05, 0.1) is 17.2 Å². The molecule has 0 bridgehead atoms. The summed E-state index contributed by atoms with van der Waals surface area (Å²) in [5.74, 6) is 0.219. The van der Waals surface area contributed by atoms with Crippen LogP contribution in [-0.2, 0) is 14.9 Å². The number of esters is 1. The number of carbonyl (C=O) groups is 2. The smallest absolute Gasteiger partial charge is 0.302 e. The number of benzene rings is 2. The van der Waals surface area contributed by atoms with E-state index in [9.17, 15) is 14.9 Å². The normalized spacial score (nSPS) is 14.1. The van der Waals surface area contributed by atoms with Gasteiger partial charge in [-0.2, -0.15) is 5.26 Å². The van der Waals surface area contributed by atoms with E-state index >= 15 is 0 Å². The van der Waals surface area contributed by atoms with Crippen molar-refractivity contribution in [2.75, 3.05) is 13.2 Å². The van der Waals surface area contributed by atoms with Crippen LogP contribution in [0, 0.1) is 11.3 Å². The number of aromatic amines is 1. The first-order valence-electron chi connectivity index (χ1n) is 9.34. The molecule has 0 saturated heterocycles. The lowest BCUT2D eigenvalue weighted by molar-refractivity contribution is -0.141. The van der Waals surface area contributed by atoms with Gasteiger partial charge in [0.1, 0.15) is 19.0 Å². The number of hydrogen-bond donors (Lipinski definition) is 1. The molecule has 0 amide bonds. The summed E-state index contributed by atoms with van der Waals surface area (Å²) < 4.78 is 10.6. The Hall–Kier alpha value is -3.59. The van der Waals surface area contributed by atoms with E-state index in [0.29, 0.717) is 22.4 Å². The second-order valence-electron chi connectivity index (χ2n) is 7.60. The Morgan fingerprint density at radius 3 is 2.69 bits per heavy atom. The summed E-state index contributed by atoms with van der Waals surface area (Å²) in [7, 11) is 0. The van der Waals surface area contributed by atoms with Gasteiger partial charge in [-0.05, 0) is 35.9 Å². The van der Waals surface area contributed by atoms with Crippen LogP contribution in [0.4, 0.5) is 0 Å². The third kappa shape index (κ3) is 3.05. The van der Waals surface area contributed by atoms with Gasteiger partial charge in [-0.1, -0.05) is 19.9 Å². The van der Waals surface area contributed by atoms with Crippen molar-refractivity contribution in [3.05, 3.63) is 64.3 Å². The van der Waals surface area contributed by atoms with Crippen molar-refractivity contribution >= 4 is 22.7 Å². The molecule has 3 aromatic rings. The predicted octanol–water partition coefficient (Wildman–Crippen LogP) is 3.85. The van der Waals surface area contributed by atoms with Gasteiger partial charge in [0.2, 0.25) is 0 Å². The molecule has 146 valence electrons. The molecule has 0 saturated carbocycles. The van der Waals surface area contributed by atoms with Crippen LogP contribution in [0.1, 0.15) is 53.5 Å². The summed E-state index contributed by atoms with van der Waals surface area (Å²) in [4.78, 5) is 27.5. The van der Waals surface area contributed by atoms with E-state index in [1.165, 1.54) is 6.92 Å². The van der Waals surface area contributed by atoms with E-state index < -0.39 is 5.41 Å². The average Bonchev–Trinajstić information content (AvgIpc) is 3.09. The van der Waals surface area contributed by atoms with E-state index in [1.54, 1.807) is 24.3 Å². The summed E-state index contributed by atoms with van der Waals surface area (Å²) in [5, 5.41) is 10.00. The molecule has 0 radical (unpaired) electrons. The molecule has 0 spiro atoms. The fourth-order valence-electron chi connectivity index (χ4n) is 3.91. The molecule has 1 aromatic heterocycles. The maximum absolute atomic E-state index is 13.3. The molecular formula is C23H20N2O4. The van der Waals surface area contributed by atoms with E-state index in [2.05, 4.69) is 24.9 Å². The minimum Gasteiger partial charge on any atom is -0.490 e. The number of H-pyrrole nitrogens is 1. The van der Waals surface area contributed by atoms with E-state index in [-0.39, 0.29) is 25.0 Å². The molecule has 1 aliphatic rings. The predicted molar refractivity (Wildman–Crippen MR) is 107 cm³/mol. The summed E-state index contributed by atoms with van der Waals surface area (Å²) >= 11 is 0. The highest BCUT2D eigenvalue weighted by Crippen LogP contribution is 2.44. The number of hydrogen-bond acceptors (Lipinski definition) is 5. The third-order valence-corrected chi connectivity index (χ3v) is 5.35. The molecule has 1 N–H and O–H groups in total. The van der Waals surface area contributed by atoms with E-state index in [1.807, 2.05) is 12.1 Å². The van der Waals surface area contributed by atoms with Crippen molar-refractivity contribution in [3.8, 4) is 11.8 Å². The number of ketones is 1. The molecule has 6 heteroatoms. The Kier molecular flexibility index (Phi) is 4.39. The zero-order valence-corrected chi connectivity index (χ0v) is 16.5. The SMILES string of the molecule is CC(=O)OCCOc1ccc2c(c1)C(C)(C)c1[nH]c3cc(C#N)ccc3c1C2=O. The van der Waals surface area contributed by atoms with Crippen LogP contribution in [0.25, 0.3) is 10.9 Å². The monoisotopic (exact) mass is 388 g/mol. The Morgan fingerprint density at radius 2 is 1.97 bits per heavy atom. The first-order valence-corrected chi connectivity index (χ1v) is 9.34. The topological polar surface area (TPSA) is 92.2 Å². The summed E-state index contributed by atoms with van der Waals surface area (Å²) in [5.41, 5.74) is 3.86. The van der Waals surface area contributed by atoms with Crippen LogP contribution in [-0.4, -0.2) is 30.0 Å². The Balaban J connectivity index is 1.74. The molecule has 2 aromatic carbocycles. The fraction of sp³-hybridized carbons (Fsp3) is 0.261. The minimum absolute atomic E-state index is 0.0447. The summed E-state index contributed by atoms with van der Waals surface area (Å²) in [6.07, 6.45) is 0. The molecule has 1 heterocycles. The van der Waals surface area contributed by atoms with Gasteiger partial charge in [-0.25, -0.2) is 0 Å². The highest BCUT2D eigenvalue weighted by atomic mass is 16.6. The lowest BCUT2D eigenvalue weighted by atomic mass is 9.71. The Bertz CT molecular complexity index is 1200. The van der Waals surface area contributed by atoms with Gasteiger partial charge >= 0.3 is 5.97 Å². The lowest BCUT2D eigenvalue weighted by Gasteiger charge is -2.32. The van der Waals surface area contributed by atoms with Gasteiger partial charge in [0.15, 0.2) is 5.78 Å². The first-order chi connectivity index (χ1) is 13.8. The molecule has 29 heavy (non-hydrogen) atoms. The third-order valence-electron chi connectivity index (χ3n) is 5.35. The average molecular weight is 388 g/mol. The number of fused-ring (bicyclic) bond motifs is 4. The maximum atomic E-state index is 13.3. The molecule has 0 fully saturated rings. The Morgan fingerprint density at radius 1 is 1.17 bits per heavy atom. The minimum atomic E-state index is -0.459. The van der Waals surface area contributed by atoms with Crippen molar-refractivity contribution in [3.63, 3.8) is 0 Å². The molecular weight excluding hydrogens is 368 g/mol. The number of nitriles is 1. The van der Waals surface area contributed by atoms with Gasteiger partial charge in [0.25, 0.3) is 0 Å². The fourth-order valence-corrected chi connectivity index (χ4v) is 3.91. The number of aromatic nitrogens is 1. The van der Waals surface area contributed by atoms with Crippen molar-refractivity contribution in [2.24, 2.45) is 0 Å². The van der Waals surface area contributed by atoms with Gasteiger partial charge in [0, 0.05) is 34.5 Å². The molecule has 0 atom stereocenters. The van der Waals surface area contributed by atoms with E-state index in [4.69, 9.17) is 9.47 Å². The molecule has 4 rings (SSSR count). The summed E-state index contributed by atoms with van der Waals surface area (Å²) in [6.45, 7) is 5.87. The highest BCUT2D eigenvalue weighted by molar-refractivity contribution is 6.20. The number of ether oxygens (including phenoxy) is 2. The number of nitrogens with one attached hydrogen (secondary N) is 1. The standard InChI is InChI=1S/C23H20N2O4/c1-13(26)28-8-9-29-15-5-7-16-18(11-15)23(2,3)22-20(21(16)27)17-6-4-14(12-24)10-19(17)25-22/h4-7,10-11,25H,8-9H2,1-3H3. The molecule has 0 unspecified atom stereocenters.